The van der Waals surface area contributed by atoms with Crippen LogP contribution in [0, 0.1) is 17.0 Å². The monoisotopic (exact) mass is 235 g/mol. The van der Waals surface area contributed by atoms with Crippen molar-refractivity contribution in [3.05, 3.63) is 33.9 Å². The van der Waals surface area contributed by atoms with E-state index in [1.165, 1.54) is 0 Å². The summed E-state index contributed by atoms with van der Waals surface area (Å²) in [7, 11) is 0. The molecule has 0 aliphatic carbocycles. The number of anilines is 1. The van der Waals surface area contributed by atoms with E-state index < -0.39 is 0 Å². The molecule has 1 N–H and O–H groups in total. The number of nitro groups is 1. The molecule has 92 valence electrons. The second-order valence-corrected chi connectivity index (χ2v) is 4.42. The number of nitrogens with zero attached hydrogens (tertiary/aromatic N) is 2. The van der Waals surface area contributed by atoms with Gasteiger partial charge in [-0.15, -0.1) is 0 Å². The molecule has 17 heavy (non-hydrogen) atoms. The van der Waals surface area contributed by atoms with E-state index in [0.717, 1.165) is 30.9 Å². The Morgan fingerprint density at radius 2 is 2.29 bits per heavy atom. The highest BCUT2D eigenvalue weighted by molar-refractivity contribution is 5.62. The minimum Gasteiger partial charge on any atom is -0.366 e. The maximum absolute atomic E-state index is 10.9. The summed E-state index contributed by atoms with van der Waals surface area (Å²) in [6, 6.07) is 5.65. The van der Waals surface area contributed by atoms with E-state index in [2.05, 4.69) is 17.1 Å². The quantitative estimate of drug-likeness (QED) is 0.626. The summed E-state index contributed by atoms with van der Waals surface area (Å²) in [4.78, 5) is 12.8. The molecule has 0 saturated carbocycles. The van der Waals surface area contributed by atoms with Gasteiger partial charge in [-0.2, -0.15) is 0 Å². The lowest BCUT2D eigenvalue weighted by molar-refractivity contribution is -0.385. The second-order valence-electron chi connectivity index (χ2n) is 4.42. The molecular weight excluding hydrogens is 218 g/mol. The van der Waals surface area contributed by atoms with E-state index >= 15 is 0 Å². The number of hydrogen-bond donors (Lipinski definition) is 1. The lowest BCUT2D eigenvalue weighted by Crippen LogP contribution is -2.50. The summed E-state index contributed by atoms with van der Waals surface area (Å²) in [5, 5.41) is 14.2. The molecule has 5 nitrogen and oxygen atoms in total. The van der Waals surface area contributed by atoms with Crippen LogP contribution < -0.4 is 10.2 Å². The van der Waals surface area contributed by atoms with E-state index in [4.69, 9.17) is 0 Å². The molecule has 0 bridgehead atoms. The van der Waals surface area contributed by atoms with Crippen molar-refractivity contribution in [2.75, 3.05) is 24.5 Å². The van der Waals surface area contributed by atoms with Crippen molar-refractivity contribution in [1.82, 2.24) is 5.32 Å². The minimum absolute atomic E-state index is 0.202. The summed E-state index contributed by atoms with van der Waals surface area (Å²) in [5.41, 5.74) is 1.94. The molecule has 1 saturated heterocycles. The molecule has 5 heteroatoms. The maximum atomic E-state index is 10.9. The van der Waals surface area contributed by atoms with Gasteiger partial charge in [-0.3, -0.25) is 10.1 Å². The van der Waals surface area contributed by atoms with Crippen LogP contribution in [0.5, 0.6) is 0 Å². The van der Waals surface area contributed by atoms with E-state index in [-0.39, 0.29) is 10.6 Å². The van der Waals surface area contributed by atoms with E-state index in [0.29, 0.717) is 6.04 Å². The Bertz CT molecular complexity index is 434. The average molecular weight is 235 g/mol. The number of rotatable bonds is 2. The number of piperazine rings is 1. The molecule has 1 unspecified atom stereocenters. The van der Waals surface area contributed by atoms with Crippen molar-refractivity contribution in [1.29, 1.82) is 0 Å². The highest BCUT2D eigenvalue weighted by Gasteiger charge is 2.22. The first-order valence-electron chi connectivity index (χ1n) is 5.82. The molecule has 1 aliphatic rings. The lowest BCUT2D eigenvalue weighted by Gasteiger charge is -2.36. The van der Waals surface area contributed by atoms with Crippen LogP contribution in [0.1, 0.15) is 12.5 Å². The van der Waals surface area contributed by atoms with Gasteiger partial charge >= 0.3 is 0 Å². The van der Waals surface area contributed by atoms with Crippen molar-refractivity contribution in [2.24, 2.45) is 0 Å². The van der Waals surface area contributed by atoms with E-state index in [9.17, 15) is 10.1 Å². The summed E-state index contributed by atoms with van der Waals surface area (Å²) in [5.74, 6) is 0. The van der Waals surface area contributed by atoms with Crippen molar-refractivity contribution in [3.8, 4) is 0 Å². The Labute approximate surface area is 101 Å². The molecule has 1 aliphatic heterocycles. The van der Waals surface area contributed by atoms with Crippen molar-refractivity contribution >= 4 is 11.4 Å². The fourth-order valence-corrected chi connectivity index (χ4v) is 2.32. The van der Waals surface area contributed by atoms with E-state index in [1.54, 1.807) is 12.1 Å². The zero-order valence-corrected chi connectivity index (χ0v) is 10.1. The first-order valence-corrected chi connectivity index (χ1v) is 5.82. The summed E-state index contributed by atoms with van der Waals surface area (Å²) in [6.45, 7) is 6.68. The van der Waals surface area contributed by atoms with Gasteiger partial charge in [-0.1, -0.05) is 6.07 Å². The van der Waals surface area contributed by atoms with Crippen LogP contribution in [0.2, 0.25) is 0 Å². The number of hydrogen-bond acceptors (Lipinski definition) is 4. The lowest BCUT2D eigenvalue weighted by atomic mass is 10.1. The van der Waals surface area contributed by atoms with Gasteiger partial charge in [0.2, 0.25) is 0 Å². The SMILES string of the molecule is Cc1c(N2CCNCC2C)cccc1[N+](=O)[O-]. The molecule has 1 aromatic carbocycles. The third-order valence-electron chi connectivity index (χ3n) is 3.28. The van der Waals surface area contributed by atoms with E-state index in [1.807, 2.05) is 13.0 Å². The fraction of sp³-hybridized carbons (Fsp3) is 0.500. The molecule has 0 radical (unpaired) electrons. The van der Waals surface area contributed by atoms with Gasteiger partial charge < -0.3 is 10.2 Å². The minimum atomic E-state index is -0.314. The van der Waals surface area contributed by atoms with Crippen molar-refractivity contribution in [2.45, 2.75) is 19.9 Å². The van der Waals surface area contributed by atoms with Gasteiger partial charge in [-0.05, 0) is 19.9 Å². The van der Waals surface area contributed by atoms with Gasteiger partial charge in [0, 0.05) is 37.4 Å². The summed E-state index contributed by atoms with van der Waals surface area (Å²) >= 11 is 0. The van der Waals surface area contributed by atoms with Crippen LogP contribution in [0.15, 0.2) is 18.2 Å². The van der Waals surface area contributed by atoms with Crippen LogP contribution in [-0.2, 0) is 0 Å². The molecule has 0 amide bonds. The Morgan fingerprint density at radius 1 is 1.53 bits per heavy atom. The largest absolute Gasteiger partial charge is 0.366 e. The Hall–Kier alpha value is -1.62. The third-order valence-corrected chi connectivity index (χ3v) is 3.28. The Kier molecular flexibility index (Phi) is 3.28. The Balaban J connectivity index is 2.38. The van der Waals surface area contributed by atoms with Crippen LogP contribution in [-0.4, -0.2) is 30.6 Å². The molecule has 0 aromatic heterocycles. The van der Waals surface area contributed by atoms with Crippen LogP contribution in [0.3, 0.4) is 0 Å². The van der Waals surface area contributed by atoms with Crippen LogP contribution >= 0.6 is 0 Å². The predicted octanol–water partition coefficient (Wildman–Crippen LogP) is 1.70. The van der Waals surface area contributed by atoms with Crippen LogP contribution in [0.25, 0.3) is 0 Å². The molecular formula is C12H17N3O2. The molecule has 2 rings (SSSR count). The molecule has 0 spiro atoms. The van der Waals surface area contributed by atoms with Crippen molar-refractivity contribution < 1.29 is 4.92 Å². The first-order chi connectivity index (χ1) is 8.11. The topological polar surface area (TPSA) is 58.4 Å². The zero-order chi connectivity index (χ0) is 12.4. The van der Waals surface area contributed by atoms with Gasteiger partial charge in [0.25, 0.3) is 5.69 Å². The number of nitro benzene ring substituents is 1. The van der Waals surface area contributed by atoms with Crippen molar-refractivity contribution in [3.63, 3.8) is 0 Å². The maximum Gasteiger partial charge on any atom is 0.274 e. The van der Waals surface area contributed by atoms with Gasteiger partial charge in [0.15, 0.2) is 0 Å². The average Bonchev–Trinajstić information content (AvgIpc) is 2.30. The Morgan fingerprint density at radius 3 is 2.94 bits per heavy atom. The fourth-order valence-electron chi connectivity index (χ4n) is 2.32. The van der Waals surface area contributed by atoms with Gasteiger partial charge in [0.1, 0.15) is 0 Å². The summed E-state index contributed by atoms with van der Waals surface area (Å²) in [6.07, 6.45) is 0. The third kappa shape index (κ3) is 2.24. The number of nitrogens with one attached hydrogen (secondary N) is 1. The standard InChI is InChI=1S/C12H17N3O2/c1-9-8-13-6-7-14(9)11-4-3-5-12(10(11)2)15(16)17/h3-5,9,13H,6-8H2,1-2H3. The molecule has 1 fully saturated rings. The molecule has 1 aromatic rings. The highest BCUT2D eigenvalue weighted by Crippen LogP contribution is 2.29. The highest BCUT2D eigenvalue weighted by atomic mass is 16.6. The second kappa shape index (κ2) is 4.71. The van der Waals surface area contributed by atoms with Crippen LogP contribution in [0.4, 0.5) is 11.4 Å². The number of benzene rings is 1. The zero-order valence-electron chi connectivity index (χ0n) is 10.1. The summed E-state index contributed by atoms with van der Waals surface area (Å²) < 4.78 is 0. The molecule has 1 atom stereocenters. The normalized spacial score (nSPS) is 20.4. The van der Waals surface area contributed by atoms with Gasteiger partial charge in [-0.25, -0.2) is 0 Å². The smallest absolute Gasteiger partial charge is 0.274 e. The van der Waals surface area contributed by atoms with Gasteiger partial charge in [0.05, 0.1) is 10.5 Å². The molecule has 1 heterocycles. The first kappa shape index (κ1) is 11.9. The predicted molar refractivity (Wildman–Crippen MR) is 67.5 cm³/mol.